The van der Waals surface area contributed by atoms with Crippen molar-refractivity contribution in [2.45, 2.75) is 55.6 Å². The Morgan fingerprint density at radius 3 is 2.59 bits per heavy atom. The van der Waals surface area contributed by atoms with E-state index in [2.05, 4.69) is 26.0 Å². The van der Waals surface area contributed by atoms with Crippen molar-refractivity contribution < 1.29 is 9.32 Å². The Morgan fingerprint density at radius 1 is 1.36 bits per heavy atom. The molecule has 5 atom stereocenters. The van der Waals surface area contributed by atoms with Gasteiger partial charge >= 0.3 is 0 Å². The summed E-state index contributed by atoms with van der Waals surface area (Å²) in [5, 5.41) is 10.6. The molecule has 2 fully saturated rings. The van der Waals surface area contributed by atoms with Crippen LogP contribution in [0, 0.1) is 16.7 Å². The third kappa shape index (κ3) is 2.57. The molecule has 0 spiro atoms. The summed E-state index contributed by atoms with van der Waals surface area (Å²) in [6.07, 6.45) is 2.82. The van der Waals surface area contributed by atoms with E-state index in [1.807, 2.05) is 25.1 Å². The van der Waals surface area contributed by atoms with Crippen LogP contribution in [0.4, 0.5) is 0 Å². The molecular formula is C18H26O2S2. The fourth-order valence-corrected chi connectivity index (χ4v) is 7.61. The molecule has 3 rings (SSSR count). The maximum Gasteiger partial charge on any atom is 0.0820 e. The topological polar surface area (TPSA) is 37.3 Å². The number of hydrogen-bond donors (Lipinski definition) is 1. The van der Waals surface area contributed by atoms with Crippen molar-refractivity contribution in [3.05, 3.63) is 30.3 Å². The SMILES string of the molecule is CC(Sc1ccccc1)S(=O)C[C@]12CC[C@H](C[C@H]1O)C2(C)C. The first-order chi connectivity index (χ1) is 10.4. The van der Waals surface area contributed by atoms with E-state index >= 15 is 0 Å². The van der Waals surface area contributed by atoms with Crippen LogP contribution in [0.5, 0.6) is 0 Å². The van der Waals surface area contributed by atoms with Crippen LogP contribution in [0.1, 0.15) is 40.0 Å². The van der Waals surface area contributed by atoms with Crippen molar-refractivity contribution in [1.29, 1.82) is 0 Å². The molecule has 0 radical (unpaired) electrons. The molecular weight excluding hydrogens is 312 g/mol. The molecule has 2 bridgehead atoms. The molecule has 2 aliphatic rings. The predicted octanol–water partition coefficient (Wildman–Crippen LogP) is 4.06. The summed E-state index contributed by atoms with van der Waals surface area (Å²) < 4.78 is 13.0. The summed E-state index contributed by atoms with van der Waals surface area (Å²) in [7, 11) is -0.932. The van der Waals surface area contributed by atoms with Crippen LogP contribution in [-0.2, 0) is 10.8 Å². The van der Waals surface area contributed by atoms with Gasteiger partial charge in [0.2, 0.25) is 0 Å². The van der Waals surface area contributed by atoms with Crippen LogP contribution < -0.4 is 0 Å². The molecule has 0 amide bonds. The lowest BCUT2D eigenvalue weighted by Crippen LogP contribution is -2.44. The van der Waals surface area contributed by atoms with Crippen LogP contribution in [0.3, 0.4) is 0 Å². The summed E-state index contributed by atoms with van der Waals surface area (Å²) >= 11 is 1.68. The number of hydrogen-bond acceptors (Lipinski definition) is 3. The van der Waals surface area contributed by atoms with Gasteiger partial charge in [-0.25, -0.2) is 0 Å². The Morgan fingerprint density at radius 2 is 2.05 bits per heavy atom. The van der Waals surface area contributed by atoms with Gasteiger partial charge in [-0.15, -0.1) is 11.8 Å². The largest absolute Gasteiger partial charge is 0.392 e. The maximum absolute atomic E-state index is 12.9. The van der Waals surface area contributed by atoms with Gasteiger partial charge in [0.15, 0.2) is 0 Å². The van der Waals surface area contributed by atoms with E-state index in [9.17, 15) is 9.32 Å². The van der Waals surface area contributed by atoms with Crippen LogP contribution in [0.2, 0.25) is 0 Å². The highest BCUT2D eigenvalue weighted by Gasteiger charge is 2.64. The second-order valence-electron chi connectivity index (χ2n) is 7.39. The molecule has 1 aromatic rings. The van der Waals surface area contributed by atoms with Crippen molar-refractivity contribution in [2.75, 3.05) is 5.75 Å². The average molecular weight is 339 g/mol. The highest BCUT2D eigenvalue weighted by molar-refractivity contribution is 8.11. The smallest absolute Gasteiger partial charge is 0.0820 e. The van der Waals surface area contributed by atoms with E-state index in [1.165, 1.54) is 6.42 Å². The van der Waals surface area contributed by atoms with Gasteiger partial charge in [0.1, 0.15) is 0 Å². The predicted molar refractivity (Wildman–Crippen MR) is 94.3 cm³/mol. The van der Waals surface area contributed by atoms with E-state index in [4.69, 9.17) is 0 Å². The van der Waals surface area contributed by atoms with E-state index in [0.29, 0.717) is 11.7 Å². The maximum atomic E-state index is 12.9. The zero-order valence-corrected chi connectivity index (χ0v) is 15.3. The molecule has 0 heterocycles. The number of thioether (sulfide) groups is 1. The second-order valence-corrected chi connectivity index (χ2v) is 10.9. The normalized spacial score (nSPS) is 35.5. The molecule has 1 N–H and O–H groups in total. The number of aliphatic hydroxyl groups excluding tert-OH is 1. The third-order valence-electron chi connectivity index (χ3n) is 6.20. The Hall–Kier alpha value is -0.320. The zero-order chi connectivity index (χ0) is 16.0. The van der Waals surface area contributed by atoms with Crippen molar-refractivity contribution in [1.82, 2.24) is 0 Å². The molecule has 1 aromatic carbocycles. The van der Waals surface area contributed by atoms with Crippen LogP contribution in [-0.4, -0.2) is 25.8 Å². The van der Waals surface area contributed by atoms with E-state index in [1.54, 1.807) is 11.8 Å². The van der Waals surface area contributed by atoms with Crippen LogP contribution in [0.25, 0.3) is 0 Å². The van der Waals surface area contributed by atoms with E-state index < -0.39 is 10.8 Å². The number of benzene rings is 1. The van der Waals surface area contributed by atoms with Gasteiger partial charge in [-0.1, -0.05) is 32.0 Å². The second kappa shape index (κ2) is 5.95. The standard InChI is InChI=1S/C18H26O2S2/c1-13(21-15-7-5-4-6-8-15)22(20)12-18-10-9-14(11-16(18)19)17(18,2)3/h4-8,13-14,16,19H,9-12H2,1-3H3/t13?,14-,16-,18-,22?/m1/s1. The van der Waals surface area contributed by atoms with Crippen LogP contribution in [0.15, 0.2) is 35.2 Å². The number of aliphatic hydroxyl groups is 1. The first-order valence-corrected chi connectivity index (χ1v) is 10.4. The van der Waals surface area contributed by atoms with Gasteiger partial charge in [0, 0.05) is 26.9 Å². The average Bonchev–Trinajstić information content (AvgIpc) is 2.82. The lowest BCUT2D eigenvalue weighted by molar-refractivity contribution is 0.0160. The molecule has 22 heavy (non-hydrogen) atoms. The van der Waals surface area contributed by atoms with Gasteiger partial charge in [-0.2, -0.15) is 0 Å². The summed E-state index contributed by atoms with van der Waals surface area (Å²) in [4.78, 5) is 1.16. The van der Waals surface area contributed by atoms with Gasteiger partial charge in [0.25, 0.3) is 0 Å². The molecule has 0 aliphatic heterocycles. The number of fused-ring (bicyclic) bond motifs is 2. The minimum absolute atomic E-state index is 0.0550. The van der Waals surface area contributed by atoms with Gasteiger partial charge in [-0.3, -0.25) is 4.21 Å². The molecule has 0 aromatic heterocycles. The van der Waals surface area contributed by atoms with E-state index in [0.717, 1.165) is 17.7 Å². The third-order valence-corrected chi connectivity index (χ3v) is 9.55. The molecule has 2 unspecified atom stereocenters. The molecule has 4 heteroatoms. The quantitative estimate of drug-likeness (QED) is 0.823. The van der Waals surface area contributed by atoms with Gasteiger partial charge in [-0.05, 0) is 49.7 Å². The highest BCUT2D eigenvalue weighted by Crippen LogP contribution is 2.66. The fraction of sp³-hybridized carbons (Fsp3) is 0.667. The van der Waals surface area contributed by atoms with Crippen molar-refractivity contribution in [2.24, 2.45) is 16.7 Å². The first kappa shape index (κ1) is 16.5. The summed E-state index contributed by atoms with van der Waals surface area (Å²) in [6.45, 7) is 6.59. The summed E-state index contributed by atoms with van der Waals surface area (Å²) in [5.74, 6) is 1.23. The molecule has 0 saturated heterocycles. The minimum Gasteiger partial charge on any atom is -0.392 e. The molecule has 2 nitrogen and oxygen atoms in total. The Labute approximate surface area is 140 Å². The minimum atomic E-state index is -0.932. The van der Waals surface area contributed by atoms with Gasteiger partial charge in [0.05, 0.1) is 10.7 Å². The molecule has 122 valence electrons. The monoisotopic (exact) mass is 338 g/mol. The van der Waals surface area contributed by atoms with E-state index in [-0.39, 0.29) is 21.5 Å². The van der Waals surface area contributed by atoms with Crippen molar-refractivity contribution >= 4 is 22.6 Å². The molecule has 2 saturated carbocycles. The summed E-state index contributed by atoms with van der Waals surface area (Å²) in [5.41, 5.74) is -0.0345. The first-order valence-electron chi connectivity index (χ1n) is 8.14. The summed E-state index contributed by atoms with van der Waals surface area (Å²) in [6, 6.07) is 10.2. The number of rotatable bonds is 5. The Bertz CT molecular complexity index is 557. The van der Waals surface area contributed by atoms with Crippen molar-refractivity contribution in [3.8, 4) is 0 Å². The van der Waals surface area contributed by atoms with Crippen LogP contribution >= 0.6 is 11.8 Å². The highest BCUT2D eigenvalue weighted by atomic mass is 32.2. The lowest BCUT2D eigenvalue weighted by Gasteiger charge is -2.40. The fourth-order valence-electron chi connectivity index (χ4n) is 4.49. The van der Waals surface area contributed by atoms with Crippen molar-refractivity contribution in [3.63, 3.8) is 0 Å². The van der Waals surface area contributed by atoms with Gasteiger partial charge < -0.3 is 5.11 Å². The lowest BCUT2D eigenvalue weighted by atomic mass is 9.70. The molecule has 2 aliphatic carbocycles. The Balaban J connectivity index is 1.71. The Kier molecular flexibility index (Phi) is 4.47. The zero-order valence-electron chi connectivity index (χ0n) is 13.6.